The number of anilines is 1. The van der Waals surface area contributed by atoms with Gasteiger partial charge in [-0.05, 0) is 24.3 Å². The van der Waals surface area contributed by atoms with Gasteiger partial charge in [-0.25, -0.2) is 9.97 Å². The highest BCUT2D eigenvalue weighted by molar-refractivity contribution is 5.76. The van der Waals surface area contributed by atoms with E-state index >= 15 is 0 Å². The SMILES string of the molecule is N#Cc1c(-c2ccco2)cc(-c2cccc[nH+]2)nc1N. The predicted molar refractivity (Wildman–Crippen MR) is 73.1 cm³/mol. The van der Waals surface area contributed by atoms with Gasteiger partial charge in [0.15, 0.2) is 6.20 Å². The third-order valence-electron chi connectivity index (χ3n) is 2.93. The maximum atomic E-state index is 9.24. The highest BCUT2D eigenvalue weighted by atomic mass is 16.3. The average Bonchev–Trinajstić information content (AvgIpc) is 3.01. The highest BCUT2D eigenvalue weighted by Crippen LogP contribution is 2.30. The minimum atomic E-state index is 0.189. The molecule has 0 atom stereocenters. The number of pyridine rings is 2. The van der Waals surface area contributed by atoms with Crippen molar-refractivity contribution in [2.75, 3.05) is 5.73 Å². The zero-order valence-corrected chi connectivity index (χ0v) is 10.5. The summed E-state index contributed by atoms with van der Waals surface area (Å²) in [4.78, 5) is 7.36. The Balaban J connectivity index is 2.24. The number of hydrogen-bond donors (Lipinski definition) is 1. The second kappa shape index (κ2) is 4.86. The molecule has 3 aromatic rings. The molecule has 0 aliphatic carbocycles. The second-order valence-corrected chi connectivity index (χ2v) is 4.18. The number of nitriles is 1. The lowest BCUT2D eigenvalue weighted by Gasteiger charge is -2.05. The second-order valence-electron chi connectivity index (χ2n) is 4.18. The first kappa shape index (κ1) is 11.9. The Morgan fingerprint density at radius 1 is 1.25 bits per heavy atom. The quantitative estimate of drug-likeness (QED) is 0.767. The van der Waals surface area contributed by atoms with Crippen molar-refractivity contribution in [3.63, 3.8) is 0 Å². The van der Waals surface area contributed by atoms with E-state index < -0.39 is 0 Å². The van der Waals surface area contributed by atoms with E-state index in [-0.39, 0.29) is 5.82 Å². The normalized spacial score (nSPS) is 10.2. The van der Waals surface area contributed by atoms with Crippen LogP contribution in [0.15, 0.2) is 53.3 Å². The number of nitrogens with two attached hydrogens (primary N) is 1. The summed E-state index contributed by atoms with van der Waals surface area (Å²) in [5, 5.41) is 9.24. The van der Waals surface area contributed by atoms with E-state index in [1.54, 1.807) is 30.7 Å². The van der Waals surface area contributed by atoms with Gasteiger partial charge in [0.25, 0.3) is 0 Å². The summed E-state index contributed by atoms with van der Waals surface area (Å²) in [5.74, 6) is 0.779. The van der Waals surface area contributed by atoms with Crippen LogP contribution >= 0.6 is 0 Å². The molecule has 3 rings (SSSR count). The molecule has 3 N–H and O–H groups in total. The first-order valence-corrected chi connectivity index (χ1v) is 6.01. The third-order valence-corrected chi connectivity index (χ3v) is 2.93. The molecular weight excluding hydrogens is 252 g/mol. The zero-order chi connectivity index (χ0) is 13.9. The minimum Gasteiger partial charge on any atom is -0.464 e. The van der Waals surface area contributed by atoms with Crippen molar-refractivity contribution < 1.29 is 9.40 Å². The average molecular weight is 263 g/mol. The Bertz CT molecular complexity index is 774. The van der Waals surface area contributed by atoms with Crippen molar-refractivity contribution in [3.05, 3.63) is 54.4 Å². The van der Waals surface area contributed by atoms with Gasteiger partial charge in [-0.2, -0.15) is 5.26 Å². The van der Waals surface area contributed by atoms with Crippen molar-refractivity contribution in [1.82, 2.24) is 4.98 Å². The molecule has 5 nitrogen and oxygen atoms in total. The number of nitrogen functional groups attached to an aromatic ring is 1. The Morgan fingerprint density at radius 2 is 2.15 bits per heavy atom. The van der Waals surface area contributed by atoms with E-state index in [1.807, 2.05) is 18.2 Å². The van der Waals surface area contributed by atoms with Crippen molar-refractivity contribution in [3.8, 4) is 28.8 Å². The van der Waals surface area contributed by atoms with Gasteiger partial charge in [-0.3, -0.25) is 0 Å². The monoisotopic (exact) mass is 263 g/mol. The standard InChI is InChI=1S/C15H10N4O/c16-9-11-10(14-5-3-7-20-14)8-13(19-15(11)17)12-4-1-2-6-18-12/h1-8H,(H2,17,19)/p+1. The zero-order valence-electron chi connectivity index (χ0n) is 10.5. The van der Waals surface area contributed by atoms with Crippen LogP contribution in [0.3, 0.4) is 0 Å². The fraction of sp³-hybridized carbons (Fsp3) is 0. The number of nitrogens with zero attached hydrogens (tertiary/aromatic N) is 2. The fourth-order valence-electron chi connectivity index (χ4n) is 2.00. The summed E-state index contributed by atoms with van der Waals surface area (Å²) in [7, 11) is 0. The van der Waals surface area contributed by atoms with Crippen molar-refractivity contribution in [2.24, 2.45) is 0 Å². The predicted octanol–water partition coefficient (Wildman–Crippen LogP) is 2.28. The molecule has 5 heteroatoms. The van der Waals surface area contributed by atoms with Crippen LogP contribution in [0, 0.1) is 11.3 Å². The molecule has 3 aromatic heterocycles. The Labute approximate surface area is 115 Å². The molecule has 0 spiro atoms. The van der Waals surface area contributed by atoms with Crippen molar-refractivity contribution in [1.29, 1.82) is 5.26 Å². The van der Waals surface area contributed by atoms with Crippen LogP contribution in [-0.2, 0) is 0 Å². The number of aromatic amines is 1. The lowest BCUT2D eigenvalue weighted by molar-refractivity contribution is -0.364. The van der Waals surface area contributed by atoms with Gasteiger partial charge in [-0.15, -0.1) is 0 Å². The number of furan rings is 1. The number of rotatable bonds is 2. The van der Waals surface area contributed by atoms with Crippen LogP contribution in [0.5, 0.6) is 0 Å². The van der Waals surface area contributed by atoms with E-state index in [1.165, 1.54) is 0 Å². The Kier molecular flexibility index (Phi) is 2.90. The molecule has 0 aromatic carbocycles. The molecule has 0 fully saturated rings. The molecule has 0 unspecified atom stereocenters. The summed E-state index contributed by atoms with van der Waals surface area (Å²) < 4.78 is 5.36. The first-order chi connectivity index (χ1) is 9.79. The Hall–Kier alpha value is -3.13. The lowest BCUT2D eigenvalue weighted by atomic mass is 10.1. The topological polar surface area (TPSA) is 90.0 Å². The molecule has 0 bridgehead atoms. The lowest BCUT2D eigenvalue weighted by Crippen LogP contribution is -2.07. The molecule has 0 amide bonds. The summed E-state index contributed by atoms with van der Waals surface area (Å²) in [6, 6.07) is 13.1. The maximum absolute atomic E-state index is 9.24. The fourth-order valence-corrected chi connectivity index (χ4v) is 2.00. The number of aromatic nitrogens is 2. The third kappa shape index (κ3) is 1.99. The largest absolute Gasteiger partial charge is 0.464 e. The maximum Gasteiger partial charge on any atom is 0.229 e. The van der Waals surface area contributed by atoms with Gasteiger partial charge in [-0.1, -0.05) is 0 Å². The summed E-state index contributed by atoms with van der Waals surface area (Å²) >= 11 is 0. The number of hydrogen-bond acceptors (Lipinski definition) is 4. The number of H-pyrrole nitrogens is 1. The molecule has 20 heavy (non-hydrogen) atoms. The minimum absolute atomic E-state index is 0.189. The molecular formula is C15H11N4O+. The molecule has 0 aliphatic rings. The van der Waals surface area contributed by atoms with Crippen LogP contribution in [0.25, 0.3) is 22.7 Å². The van der Waals surface area contributed by atoms with Crippen molar-refractivity contribution in [2.45, 2.75) is 0 Å². The van der Waals surface area contributed by atoms with Crippen LogP contribution in [0.4, 0.5) is 5.82 Å². The molecule has 0 aliphatic heterocycles. The van der Waals surface area contributed by atoms with Crippen molar-refractivity contribution >= 4 is 5.82 Å². The molecule has 0 saturated carbocycles. The van der Waals surface area contributed by atoms with Crippen LogP contribution in [-0.4, -0.2) is 4.98 Å². The van der Waals surface area contributed by atoms with Gasteiger partial charge in [0.2, 0.25) is 5.69 Å². The van der Waals surface area contributed by atoms with Gasteiger partial charge in [0, 0.05) is 17.7 Å². The van der Waals surface area contributed by atoms with Crippen LogP contribution in [0.1, 0.15) is 5.56 Å². The number of nitrogens with one attached hydrogen (secondary N) is 1. The van der Waals surface area contributed by atoms with Gasteiger partial charge < -0.3 is 10.2 Å². The summed E-state index contributed by atoms with van der Waals surface area (Å²) in [6.07, 6.45) is 3.36. The first-order valence-electron chi connectivity index (χ1n) is 6.01. The van der Waals surface area contributed by atoms with Gasteiger partial charge in [0.05, 0.1) is 6.26 Å². The smallest absolute Gasteiger partial charge is 0.229 e. The van der Waals surface area contributed by atoms with E-state index in [0.29, 0.717) is 22.6 Å². The Morgan fingerprint density at radius 3 is 2.80 bits per heavy atom. The van der Waals surface area contributed by atoms with E-state index in [2.05, 4.69) is 16.0 Å². The highest BCUT2D eigenvalue weighted by Gasteiger charge is 2.17. The molecule has 0 saturated heterocycles. The summed E-state index contributed by atoms with van der Waals surface area (Å²) in [5.41, 5.74) is 8.32. The molecule has 0 radical (unpaired) electrons. The summed E-state index contributed by atoms with van der Waals surface area (Å²) in [6.45, 7) is 0. The van der Waals surface area contributed by atoms with E-state index in [4.69, 9.17) is 10.2 Å². The van der Waals surface area contributed by atoms with E-state index in [0.717, 1.165) is 5.69 Å². The molecule has 96 valence electrons. The van der Waals surface area contributed by atoms with Crippen LogP contribution in [0.2, 0.25) is 0 Å². The van der Waals surface area contributed by atoms with Crippen LogP contribution < -0.4 is 10.7 Å². The van der Waals surface area contributed by atoms with E-state index in [9.17, 15) is 5.26 Å². The van der Waals surface area contributed by atoms with Gasteiger partial charge in [0.1, 0.15) is 28.9 Å². The van der Waals surface area contributed by atoms with Gasteiger partial charge >= 0.3 is 0 Å². The molecule has 3 heterocycles.